The predicted molar refractivity (Wildman–Crippen MR) is 153 cm³/mol. The highest BCUT2D eigenvalue weighted by Gasteiger charge is 2.42. The summed E-state index contributed by atoms with van der Waals surface area (Å²) in [6, 6.07) is 5.73. The molecule has 0 saturated carbocycles. The van der Waals surface area contributed by atoms with Crippen LogP contribution in [0.4, 0.5) is 0 Å². The number of amides is 1. The van der Waals surface area contributed by atoms with Crippen LogP contribution in [0.15, 0.2) is 18.2 Å². The summed E-state index contributed by atoms with van der Waals surface area (Å²) in [6.45, 7) is 9.66. The lowest BCUT2D eigenvalue weighted by Gasteiger charge is -2.31. The third kappa shape index (κ3) is 9.07. The zero-order chi connectivity index (χ0) is 28.5. The number of aliphatic hydroxyl groups excluding tert-OH is 1. The molecule has 39 heavy (non-hydrogen) atoms. The number of hydrogen-bond acceptors (Lipinski definition) is 7. The third-order valence-corrected chi connectivity index (χ3v) is 8.56. The smallest absolute Gasteiger partial charge is 0.223 e. The van der Waals surface area contributed by atoms with Gasteiger partial charge in [0.05, 0.1) is 38.1 Å². The van der Waals surface area contributed by atoms with Crippen molar-refractivity contribution in [3.05, 3.63) is 23.8 Å². The molecule has 3 rings (SSSR count). The zero-order valence-electron chi connectivity index (χ0n) is 24.9. The Kier molecular flexibility index (Phi) is 12.4. The first-order valence-corrected chi connectivity index (χ1v) is 14.8. The number of ether oxygens (including phenoxy) is 4. The Morgan fingerprint density at radius 2 is 1.87 bits per heavy atom. The molecule has 0 spiro atoms. The van der Waals surface area contributed by atoms with Crippen molar-refractivity contribution in [3.8, 4) is 11.5 Å². The quantitative estimate of drug-likeness (QED) is 0.251. The van der Waals surface area contributed by atoms with E-state index in [-0.39, 0.29) is 41.9 Å². The van der Waals surface area contributed by atoms with Crippen molar-refractivity contribution < 1.29 is 28.8 Å². The summed E-state index contributed by atoms with van der Waals surface area (Å²) < 4.78 is 22.5. The highest BCUT2D eigenvalue weighted by Crippen LogP contribution is 2.35. The minimum atomic E-state index is -0.753. The molecule has 1 aromatic rings. The van der Waals surface area contributed by atoms with Crippen LogP contribution in [-0.2, 0) is 20.7 Å². The predicted octanol–water partition coefficient (Wildman–Crippen LogP) is 4.10. The summed E-state index contributed by atoms with van der Waals surface area (Å²) >= 11 is 0. The van der Waals surface area contributed by atoms with Gasteiger partial charge in [-0.15, -0.1) is 0 Å². The number of carbonyl (C=O) groups excluding carboxylic acids is 1. The average molecular weight is 549 g/mol. The number of hydrogen-bond donors (Lipinski definition) is 3. The summed E-state index contributed by atoms with van der Waals surface area (Å²) in [6.07, 6.45) is 5.32. The molecule has 2 fully saturated rings. The molecule has 2 aliphatic rings. The first kappa shape index (κ1) is 31.7. The minimum Gasteiger partial charge on any atom is -0.493 e. The van der Waals surface area contributed by atoms with Gasteiger partial charge >= 0.3 is 0 Å². The Labute approximate surface area is 235 Å². The van der Waals surface area contributed by atoms with Gasteiger partial charge < -0.3 is 35.1 Å². The fourth-order valence-electron chi connectivity index (χ4n) is 5.94. The van der Waals surface area contributed by atoms with E-state index in [1.54, 1.807) is 14.2 Å². The van der Waals surface area contributed by atoms with Crippen LogP contribution in [0, 0.1) is 23.7 Å². The Bertz CT molecular complexity index is 894. The van der Waals surface area contributed by atoms with Gasteiger partial charge in [-0.1, -0.05) is 33.8 Å². The van der Waals surface area contributed by atoms with Gasteiger partial charge in [-0.25, -0.2) is 0 Å². The first-order valence-electron chi connectivity index (χ1n) is 14.8. The maximum Gasteiger partial charge on any atom is 0.223 e. The molecule has 0 aliphatic carbocycles. The Morgan fingerprint density at radius 3 is 2.46 bits per heavy atom. The van der Waals surface area contributed by atoms with E-state index in [2.05, 4.69) is 25.2 Å². The molecular weight excluding hydrogens is 496 g/mol. The fraction of sp³-hybridized carbons (Fsp3) is 0.774. The van der Waals surface area contributed by atoms with Crippen LogP contribution in [0.1, 0.15) is 71.8 Å². The average Bonchev–Trinajstić information content (AvgIpc) is 3.52. The topological polar surface area (TPSA) is 112 Å². The second kappa shape index (κ2) is 15.2. The summed E-state index contributed by atoms with van der Waals surface area (Å²) in [5, 5.41) is 14.3. The zero-order valence-corrected chi connectivity index (χ0v) is 24.9. The lowest BCUT2D eigenvalue weighted by molar-refractivity contribution is -0.128. The van der Waals surface area contributed by atoms with Crippen LogP contribution in [0.2, 0.25) is 0 Å². The largest absolute Gasteiger partial charge is 0.493 e. The molecule has 4 unspecified atom stereocenters. The van der Waals surface area contributed by atoms with Gasteiger partial charge in [0.2, 0.25) is 5.91 Å². The molecule has 0 aromatic heterocycles. The first-order chi connectivity index (χ1) is 18.6. The Balaban J connectivity index is 1.58. The van der Waals surface area contributed by atoms with Crippen molar-refractivity contribution in [2.24, 2.45) is 29.4 Å². The van der Waals surface area contributed by atoms with Gasteiger partial charge in [-0.3, -0.25) is 4.79 Å². The van der Waals surface area contributed by atoms with E-state index in [1.807, 2.05) is 26.0 Å². The van der Waals surface area contributed by atoms with Crippen LogP contribution in [0.3, 0.4) is 0 Å². The van der Waals surface area contributed by atoms with E-state index in [9.17, 15) is 9.90 Å². The SMILES string of the molecule is COCCCOc1cc(CC(CC(N)C(O)CC(C(=O)N[C@@H]2C[C@@H]3CC[C@@H]2O3)C(C)C)C(C)C)ccc1OC. The molecule has 7 atom stereocenters. The maximum atomic E-state index is 13.2. The Hall–Kier alpha value is -1.87. The number of nitrogens with two attached hydrogens (primary N) is 1. The molecule has 8 heteroatoms. The number of nitrogens with one attached hydrogen (secondary N) is 1. The van der Waals surface area contributed by atoms with Crippen molar-refractivity contribution >= 4 is 5.91 Å². The van der Waals surface area contributed by atoms with Crippen LogP contribution in [-0.4, -0.2) is 68.8 Å². The van der Waals surface area contributed by atoms with E-state index >= 15 is 0 Å². The van der Waals surface area contributed by atoms with Crippen molar-refractivity contribution in [2.45, 2.75) is 103 Å². The summed E-state index contributed by atoms with van der Waals surface area (Å²) in [5.74, 6) is 1.90. The monoisotopic (exact) mass is 548 g/mol. The molecular formula is C31H52N2O6. The van der Waals surface area contributed by atoms with Crippen molar-refractivity contribution in [3.63, 3.8) is 0 Å². The van der Waals surface area contributed by atoms with Gasteiger partial charge in [0.15, 0.2) is 11.5 Å². The molecule has 222 valence electrons. The van der Waals surface area contributed by atoms with Gasteiger partial charge in [0.1, 0.15) is 0 Å². The normalized spacial score (nSPS) is 23.6. The van der Waals surface area contributed by atoms with Crippen LogP contribution in [0.5, 0.6) is 11.5 Å². The fourth-order valence-corrected chi connectivity index (χ4v) is 5.94. The number of carbonyl (C=O) groups is 1. The Morgan fingerprint density at radius 1 is 1.10 bits per heavy atom. The van der Waals surface area contributed by atoms with Crippen molar-refractivity contribution in [1.29, 1.82) is 0 Å². The van der Waals surface area contributed by atoms with Crippen LogP contribution >= 0.6 is 0 Å². The van der Waals surface area contributed by atoms with Crippen LogP contribution < -0.4 is 20.5 Å². The van der Waals surface area contributed by atoms with Gasteiger partial charge in [0, 0.05) is 32.1 Å². The number of benzene rings is 1. The molecule has 2 heterocycles. The van der Waals surface area contributed by atoms with E-state index in [4.69, 9.17) is 24.7 Å². The molecule has 8 nitrogen and oxygen atoms in total. The second-order valence-corrected chi connectivity index (χ2v) is 12.2. The third-order valence-electron chi connectivity index (χ3n) is 8.56. The summed E-state index contributed by atoms with van der Waals surface area (Å²) in [7, 11) is 3.33. The van der Waals surface area contributed by atoms with E-state index in [1.165, 1.54) is 0 Å². The van der Waals surface area contributed by atoms with E-state index in [0.717, 1.165) is 43.4 Å². The number of rotatable bonds is 17. The number of fused-ring (bicyclic) bond motifs is 2. The van der Waals surface area contributed by atoms with E-state index < -0.39 is 12.1 Å². The molecule has 2 aliphatic heterocycles. The lowest BCUT2D eigenvalue weighted by Crippen LogP contribution is -2.47. The minimum absolute atomic E-state index is 0.00840. The van der Waals surface area contributed by atoms with Crippen molar-refractivity contribution in [2.75, 3.05) is 27.4 Å². The molecule has 1 amide bonds. The van der Waals surface area contributed by atoms with Crippen molar-refractivity contribution in [1.82, 2.24) is 5.32 Å². The van der Waals surface area contributed by atoms with Gasteiger partial charge in [0.25, 0.3) is 0 Å². The highest BCUT2D eigenvalue weighted by molar-refractivity contribution is 5.79. The summed E-state index contributed by atoms with van der Waals surface area (Å²) in [5.41, 5.74) is 7.73. The lowest BCUT2D eigenvalue weighted by atomic mass is 9.80. The number of aliphatic hydroxyl groups is 1. The standard InChI is InChI=1S/C31H52N2O6/c1-19(2)22(14-21-8-10-29(37-6)30(15-21)38-13-7-12-36-5)16-25(32)27(34)18-24(20(3)4)31(35)33-26-17-23-9-11-28(26)39-23/h8,10,15,19-20,22-28,34H,7,9,11-14,16-18,32H2,1-6H3,(H,33,35)/t22?,23-,24?,25?,26+,27?,28-/m0/s1. The molecule has 2 bridgehead atoms. The second-order valence-electron chi connectivity index (χ2n) is 12.2. The molecule has 4 N–H and O–H groups in total. The molecule has 0 radical (unpaired) electrons. The molecule has 2 saturated heterocycles. The van der Waals surface area contributed by atoms with Gasteiger partial charge in [-0.2, -0.15) is 0 Å². The van der Waals surface area contributed by atoms with Gasteiger partial charge in [-0.05, 0) is 74.0 Å². The summed E-state index contributed by atoms with van der Waals surface area (Å²) in [4.78, 5) is 13.2. The van der Waals surface area contributed by atoms with E-state index in [0.29, 0.717) is 37.7 Å². The van der Waals surface area contributed by atoms with Crippen LogP contribution in [0.25, 0.3) is 0 Å². The highest BCUT2D eigenvalue weighted by atomic mass is 16.5. The molecule has 1 aromatic carbocycles. The maximum absolute atomic E-state index is 13.2. The number of methoxy groups -OCH3 is 2.